The van der Waals surface area contributed by atoms with E-state index in [2.05, 4.69) is 20.6 Å². The Labute approximate surface area is 94.5 Å². The molecule has 1 aromatic heterocycles. The predicted molar refractivity (Wildman–Crippen MR) is 61.3 cm³/mol. The zero-order valence-electron chi connectivity index (χ0n) is 8.76. The summed E-state index contributed by atoms with van der Waals surface area (Å²) in [4.78, 5) is 8.33. The summed E-state index contributed by atoms with van der Waals surface area (Å²) in [6, 6.07) is 2.27. The molecule has 2 rings (SSSR count). The van der Waals surface area contributed by atoms with Gasteiger partial charge in [-0.05, 0) is 32.9 Å². The third-order valence-electron chi connectivity index (χ3n) is 2.50. The minimum Gasteiger partial charge on any atom is -0.367 e. The van der Waals surface area contributed by atoms with E-state index in [1.54, 1.807) is 6.07 Å². The van der Waals surface area contributed by atoms with Crippen molar-refractivity contribution in [1.29, 1.82) is 0 Å². The Hall–Kier alpha value is -0.870. The van der Waals surface area contributed by atoms with Crippen molar-refractivity contribution in [3.05, 3.63) is 17.0 Å². The molecule has 2 N–H and O–H groups in total. The smallest absolute Gasteiger partial charge is 0.134 e. The summed E-state index contributed by atoms with van der Waals surface area (Å²) in [6.07, 6.45) is 2.25. The summed E-state index contributed by atoms with van der Waals surface area (Å²) in [6.45, 7) is 3.98. The van der Waals surface area contributed by atoms with Crippen LogP contribution in [0.25, 0.3) is 0 Å². The number of halogens is 1. The molecular weight excluding hydrogens is 212 g/mol. The minimum absolute atomic E-state index is 0.497. The van der Waals surface area contributed by atoms with Crippen molar-refractivity contribution in [3.8, 4) is 0 Å². The van der Waals surface area contributed by atoms with Crippen LogP contribution in [0.5, 0.6) is 0 Å². The summed E-state index contributed by atoms with van der Waals surface area (Å²) >= 11 is 5.86. The molecule has 1 fully saturated rings. The SMILES string of the molecule is Cc1nc(Cl)cc(NC2CCNCC2)n1. The van der Waals surface area contributed by atoms with Gasteiger partial charge in [-0.3, -0.25) is 0 Å². The van der Waals surface area contributed by atoms with Crippen LogP contribution in [-0.4, -0.2) is 29.1 Å². The van der Waals surface area contributed by atoms with E-state index in [1.165, 1.54) is 0 Å². The van der Waals surface area contributed by atoms with Crippen LogP contribution in [-0.2, 0) is 0 Å². The van der Waals surface area contributed by atoms with Gasteiger partial charge in [0.15, 0.2) is 0 Å². The molecule has 1 aromatic rings. The highest BCUT2D eigenvalue weighted by Crippen LogP contribution is 2.14. The monoisotopic (exact) mass is 226 g/mol. The van der Waals surface area contributed by atoms with Crippen molar-refractivity contribution in [1.82, 2.24) is 15.3 Å². The molecule has 82 valence electrons. The fraction of sp³-hybridized carbons (Fsp3) is 0.600. The maximum Gasteiger partial charge on any atom is 0.134 e. The van der Waals surface area contributed by atoms with Gasteiger partial charge in [0.1, 0.15) is 16.8 Å². The highest BCUT2D eigenvalue weighted by atomic mass is 35.5. The lowest BCUT2D eigenvalue weighted by molar-refractivity contribution is 0.478. The zero-order chi connectivity index (χ0) is 10.7. The van der Waals surface area contributed by atoms with Crippen molar-refractivity contribution in [2.75, 3.05) is 18.4 Å². The number of piperidine rings is 1. The number of nitrogens with zero attached hydrogens (tertiary/aromatic N) is 2. The molecule has 0 amide bonds. The van der Waals surface area contributed by atoms with Crippen molar-refractivity contribution in [3.63, 3.8) is 0 Å². The average Bonchev–Trinajstić information content (AvgIpc) is 2.17. The molecule has 1 aliphatic heterocycles. The number of hydrogen-bond donors (Lipinski definition) is 2. The molecule has 0 radical (unpaired) electrons. The molecule has 0 bridgehead atoms. The number of aromatic nitrogens is 2. The second-order valence-electron chi connectivity index (χ2n) is 3.79. The van der Waals surface area contributed by atoms with Crippen LogP contribution in [0.3, 0.4) is 0 Å². The van der Waals surface area contributed by atoms with E-state index < -0.39 is 0 Å². The van der Waals surface area contributed by atoms with Crippen LogP contribution in [0.1, 0.15) is 18.7 Å². The van der Waals surface area contributed by atoms with Gasteiger partial charge in [0.05, 0.1) is 0 Å². The first kappa shape index (κ1) is 10.6. The fourth-order valence-electron chi connectivity index (χ4n) is 1.78. The van der Waals surface area contributed by atoms with Crippen LogP contribution in [0, 0.1) is 6.92 Å². The molecule has 1 saturated heterocycles. The molecule has 0 spiro atoms. The topological polar surface area (TPSA) is 49.8 Å². The third-order valence-corrected chi connectivity index (χ3v) is 2.69. The van der Waals surface area contributed by atoms with E-state index >= 15 is 0 Å². The number of hydrogen-bond acceptors (Lipinski definition) is 4. The molecular formula is C10H15ClN4. The van der Waals surface area contributed by atoms with Crippen LogP contribution in [0.15, 0.2) is 6.07 Å². The molecule has 4 nitrogen and oxygen atoms in total. The van der Waals surface area contributed by atoms with Crippen LogP contribution in [0.2, 0.25) is 5.15 Å². The Morgan fingerprint density at radius 3 is 2.80 bits per heavy atom. The Kier molecular flexibility index (Phi) is 3.38. The first-order valence-electron chi connectivity index (χ1n) is 5.22. The van der Waals surface area contributed by atoms with Gasteiger partial charge in [-0.1, -0.05) is 11.6 Å². The number of rotatable bonds is 2. The van der Waals surface area contributed by atoms with Crippen LogP contribution >= 0.6 is 11.6 Å². The number of nitrogens with one attached hydrogen (secondary N) is 2. The first-order chi connectivity index (χ1) is 7.24. The van der Waals surface area contributed by atoms with Gasteiger partial charge in [0, 0.05) is 12.1 Å². The molecule has 0 aromatic carbocycles. The second-order valence-corrected chi connectivity index (χ2v) is 4.18. The lowest BCUT2D eigenvalue weighted by Crippen LogP contribution is -2.35. The Morgan fingerprint density at radius 2 is 2.13 bits per heavy atom. The van der Waals surface area contributed by atoms with Gasteiger partial charge >= 0.3 is 0 Å². The van der Waals surface area contributed by atoms with Crippen molar-refractivity contribution in [2.45, 2.75) is 25.8 Å². The van der Waals surface area contributed by atoms with E-state index in [-0.39, 0.29) is 0 Å². The molecule has 0 aliphatic carbocycles. The number of aryl methyl sites for hydroxylation is 1. The van der Waals surface area contributed by atoms with E-state index in [0.29, 0.717) is 17.0 Å². The van der Waals surface area contributed by atoms with Gasteiger partial charge in [0.25, 0.3) is 0 Å². The molecule has 15 heavy (non-hydrogen) atoms. The average molecular weight is 227 g/mol. The first-order valence-corrected chi connectivity index (χ1v) is 5.60. The Morgan fingerprint density at radius 1 is 1.40 bits per heavy atom. The molecule has 0 saturated carbocycles. The Balaban J connectivity index is 2.02. The Bertz CT molecular complexity index is 316. The van der Waals surface area contributed by atoms with Crippen molar-refractivity contribution >= 4 is 17.4 Å². The minimum atomic E-state index is 0.497. The van der Waals surface area contributed by atoms with Crippen molar-refractivity contribution < 1.29 is 0 Å². The third kappa shape index (κ3) is 3.04. The van der Waals surface area contributed by atoms with Gasteiger partial charge < -0.3 is 10.6 Å². The van der Waals surface area contributed by atoms with E-state index in [9.17, 15) is 0 Å². The normalized spacial score (nSPS) is 17.7. The molecule has 1 aliphatic rings. The molecule has 0 unspecified atom stereocenters. The highest BCUT2D eigenvalue weighted by molar-refractivity contribution is 6.29. The molecule has 2 heterocycles. The van der Waals surface area contributed by atoms with Gasteiger partial charge in [0.2, 0.25) is 0 Å². The number of anilines is 1. The van der Waals surface area contributed by atoms with Crippen molar-refractivity contribution in [2.24, 2.45) is 0 Å². The van der Waals surface area contributed by atoms with E-state index in [1.807, 2.05) is 6.92 Å². The molecule has 5 heteroatoms. The standard InChI is InChI=1S/C10H15ClN4/c1-7-13-9(11)6-10(14-7)15-8-2-4-12-5-3-8/h6,8,12H,2-5H2,1H3,(H,13,14,15). The lowest BCUT2D eigenvalue weighted by Gasteiger charge is -2.24. The fourth-order valence-corrected chi connectivity index (χ4v) is 2.01. The second kappa shape index (κ2) is 4.77. The van der Waals surface area contributed by atoms with Crippen LogP contribution in [0.4, 0.5) is 5.82 Å². The van der Waals surface area contributed by atoms with E-state index in [4.69, 9.17) is 11.6 Å². The predicted octanol–water partition coefficient (Wildman–Crippen LogP) is 1.60. The van der Waals surface area contributed by atoms with Gasteiger partial charge in [-0.15, -0.1) is 0 Å². The summed E-state index contributed by atoms with van der Waals surface area (Å²) in [7, 11) is 0. The quantitative estimate of drug-likeness (QED) is 0.753. The summed E-state index contributed by atoms with van der Waals surface area (Å²) in [5.41, 5.74) is 0. The maximum atomic E-state index is 5.86. The zero-order valence-corrected chi connectivity index (χ0v) is 9.51. The largest absolute Gasteiger partial charge is 0.367 e. The maximum absolute atomic E-state index is 5.86. The van der Waals surface area contributed by atoms with Gasteiger partial charge in [-0.25, -0.2) is 9.97 Å². The molecule has 0 atom stereocenters. The van der Waals surface area contributed by atoms with E-state index in [0.717, 1.165) is 31.7 Å². The highest BCUT2D eigenvalue weighted by Gasteiger charge is 2.13. The summed E-state index contributed by atoms with van der Waals surface area (Å²) in [5.74, 6) is 1.54. The summed E-state index contributed by atoms with van der Waals surface area (Å²) < 4.78 is 0. The lowest BCUT2D eigenvalue weighted by atomic mass is 10.1. The summed E-state index contributed by atoms with van der Waals surface area (Å²) in [5, 5.41) is 7.21. The van der Waals surface area contributed by atoms with Gasteiger partial charge in [-0.2, -0.15) is 0 Å². The van der Waals surface area contributed by atoms with Crippen LogP contribution < -0.4 is 10.6 Å².